The number of aromatic nitrogens is 1. The zero-order chi connectivity index (χ0) is 11.3. The molecular weight excluding hydrogens is 232 g/mol. The van der Waals surface area contributed by atoms with E-state index in [1.54, 1.807) is 0 Å². The van der Waals surface area contributed by atoms with E-state index in [0.29, 0.717) is 10.0 Å². The van der Waals surface area contributed by atoms with E-state index in [9.17, 15) is 0 Å². The van der Waals surface area contributed by atoms with Crippen LogP contribution in [0, 0.1) is 11.3 Å². The van der Waals surface area contributed by atoms with Crippen molar-refractivity contribution in [3.8, 4) is 6.07 Å². The number of hydrogen-bond donors (Lipinski definition) is 1. The number of hydrogen-bond acceptors (Lipinski definition) is 5. The van der Waals surface area contributed by atoms with Crippen molar-refractivity contribution in [2.45, 2.75) is 6.92 Å². The summed E-state index contributed by atoms with van der Waals surface area (Å²) in [6.07, 6.45) is 0. The molecule has 6 heteroatoms. The number of likely N-dealkylation sites (N-methyl/N-ethyl adjacent to an activating group) is 1. The number of nitrogens with one attached hydrogen (secondary N) is 1. The summed E-state index contributed by atoms with van der Waals surface area (Å²) in [5.74, 6) is 0. The fourth-order valence-electron chi connectivity index (χ4n) is 0.958. The molecule has 82 valence electrons. The van der Waals surface area contributed by atoms with Gasteiger partial charge in [0.25, 0.3) is 0 Å². The first kappa shape index (κ1) is 12.2. The Balaban J connectivity index is 2.42. The maximum Gasteiger partial charge on any atom is 0.185 e. The lowest BCUT2D eigenvalue weighted by Gasteiger charge is -2.13. The van der Waals surface area contributed by atoms with Gasteiger partial charge in [0.15, 0.2) is 10.3 Å². The Bertz CT molecular complexity index is 357. The molecule has 1 N–H and O–H groups in total. The van der Waals surface area contributed by atoms with Gasteiger partial charge in [0, 0.05) is 13.1 Å². The average Bonchev–Trinajstić information content (AvgIpc) is 2.58. The van der Waals surface area contributed by atoms with Gasteiger partial charge in [-0.15, -0.1) is 0 Å². The molecule has 0 amide bonds. The van der Waals surface area contributed by atoms with Crippen LogP contribution in [0.5, 0.6) is 0 Å². The summed E-state index contributed by atoms with van der Waals surface area (Å²) in [4.78, 5) is 6.69. The summed E-state index contributed by atoms with van der Waals surface area (Å²) in [7, 11) is 2.05. The number of halogens is 1. The Morgan fingerprint density at radius 1 is 1.67 bits per heavy atom. The van der Waals surface area contributed by atoms with E-state index in [0.717, 1.165) is 19.6 Å². The van der Waals surface area contributed by atoms with Crippen LogP contribution >= 0.6 is 22.9 Å². The standard InChI is InChI=1S/C9H13ClN4S/c1-3-14(2)5-4-12-9-13-8(10)7(6-11)15-9/h3-5H2,1-2H3,(H,12,13). The molecule has 1 heterocycles. The molecule has 0 aliphatic carbocycles. The lowest BCUT2D eigenvalue weighted by molar-refractivity contribution is 0.367. The highest BCUT2D eigenvalue weighted by molar-refractivity contribution is 7.16. The fourth-order valence-corrected chi connectivity index (χ4v) is 1.93. The van der Waals surface area contributed by atoms with Gasteiger partial charge in [-0.05, 0) is 13.6 Å². The number of rotatable bonds is 5. The summed E-state index contributed by atoms with van der Waals surface area (Å²) >= 11 is 7.03. The van der Waals surface area contributed by atoms with Gasteiger partial charge in [-0.3, -0.25) is 0 Å². The molecule has 0 spiro atoms. The molecule has 0 radical (unpaired) electrons. The normalized spacial score (nSPS) is 10.3. The second kappa shape index (κ2) is 5.91. The van der Waals surface area contributed by atoms with Crippen molar-refractivity contribution in [2.24, 2.45) is 0 Å². The molecule has 0 aliphatic heterocycles. The lowest BCUT2D eigenvalue weighted by Crippen LogP contribution is -2.24. The van der Waals surface area contributed by atoms with Crippen LogP contribution in [0.15, 0.2) is 0 Å². The first-order valence-corrected chi connectivity index (χ1v) is 5.85. The quantitative estimate of drug-likeness (QED) is 0.861. The third kappa shape index (κ3) is 3.67. The summed E-state index contributed by atoms with van der Waals surface area (Å²) in [5.41, 5.74) is 0. The average molecular weight is 245 g/mol. The van der Waals surface area contributed by atoms with Gasteiger partial charge in [0.1, 0.15) is 10.9 Å². The smallest absolute Gasteiger partial charge is 0.185 e. The lowest BCUT2D eigenvalue weighted by atomic mass is 10.5. The number of nitriles is 1. The first-order chi connectivity index (χ1) is 7.17. The van der Waals surface area contributed by atoms with Crippen LogP contribution in [0.2, 0.25) is 5.15 Å². The van der Waals surface area contributed by atoms with E-state index in [1.807, 2.05) is 6.07 Å². The SMILES string of the molecule is CCN(C)CCNc1nc(Cl)c(C#N)s1. The number of anilines is 1. The van der Waals surface area contributed by atoms with Gasteiger partial charge >= 0.3 is 0 Å². The number of nitrogens with zero attached hydrogens (tertiary/aromatic N) is 3. The Labute approximate surface area is 98.5 Å². The Kier molecular flexibility index (Phi) is 4.82. The first-order valence-electron chi connectivity index (χ1n) is 4.66. The second-order valence-corrected chi connectivity index (χ2v) is 4.43. The van der Waals surface area contributed by atoms with Crippen LogP contribution in [-0.4, -0.2) is 36.6 Å². The van der Waals surface area contributed by atoms with Crippen molar-refractivity contribution < 1.29 is 0 Å². The van der Waals surface area contributed by atoms with E-state index >= 15 is 0 Å². The van der Waals surface area contributed by atoms with Crippen LogP contribution in [-0.2, 0) is 0 Å². The highest BCUT2D eigenvalue weighted by Crippen LogP contribution is 2.25. The molecular formula is C9H13ClN4S. The minimum absolute atomic E-state index is 0.286. The van der Waals surface area contributed by atoms with Crippen molar-refractivity contribution in [3.63, 3.8) is 0 Å². The van der Waals surface area contributed by atoms with Gasteiger partial charge in [-0.1, -0.05) is 29.9 Å². The topological polar surface area (TPSA) is 52.0 Å². The van der Waals surface area contributed by atoms with Crippen molar-refractivity contribution >= 4 is 28.1 Å². The van der Waals surface area contributed by atoms with Gasteiger partial charge in [-0.2, -0.15) is 5.26 Å². The monoisotopic (exact) mass is 244 g/mol. The van der Waals surface area contributed by atoms with Crippen molar-refractivity contribution in [3.05, 3.63) is 10.0 Å². The molecule has 0 fully saturated rings. The molecule has 0 aromatic carbocycles. The minimum Gasteiger partial charge on any atom is -0.360 e. The minimum atomic E-state index is 0.286. The Morgan fingerprint density at radius 2 is 2.40 bits per heavy atom. The van der Waals surface area contributed by atoms with Crippen LogP contribution in [0.25, 0.3) is 0 Å². The van der Waals surface area contributed by atoms with Crippen molar-refractivity contribution in [2.75, 3.05) is 32.0 Å². The van der Waals surface area contributed by atoms with E-state index in [4.69, 9.17) is 16.9 Å². The predicted octanol–water partition coefficient (Wildman–Crippen LogP) is 2.03. The molecule has 0 saturated carbocycles. The number of thiazole rings is 1. The third-order valence-corrected chi connectivity index (χ3v) is 3.30. The predicted molar refractivity (Wildman–Crippen MR) is 63.5 cm³/mol. The largest absolute Gasteiger partial charge is 0.360 e. The van der Waals surface area contributed by atoms with Gasteiger partial charge in [0.05, 0.1) is 0 Å². The van der Waals surface area contributed by atoms with Crippen molar-refractivity contribution in [1.82, 2.24) is 9.88 Å². The van der Waals surface area contributed by atoms with Crippen LogP contribution in [0.3, 0.4) is 0 Å². The fraction of sp³-hybridized carbons (Fsp3) is 0.556. The molecule has 0 bridgehead atoms. The van der Waals surface area contributed by atoms with Gasteiger partial charge < -0.3 is 10.2 Å². The van der Waals surface area contributed by atoms with Crippen molar-refractivity contribution in [1.29, 1.82) is 5.26 Å². The van der Waals surface area contributed by atoms with Crippen LogP contribution < -0.4 is 5.32 Å². The molecule has 0 atom stereocenters. The highest BCUT2D eigenvalue weighted by Gasteiger charge is 2.07. The molecule has 0 aliphatic rings. The molecule has 1 aromatic heterocycles. The van der Waals surface area contributed by atoms with E-state index in [-0.39, 0.29) is 5.15 Å². The zero-order valence-corrected chi connectivity index (χ0v) is 10.3. The summed E-state index contributed by atoms with van der Waals surface area (Å²) in [5, 5.41) is 12.8. The van der Waals surface area contributed by atoms with Gasteiger partial charge in [0.2, 0.25) is 0 Å². The summed E-state index contributed by atoms with van der Waals surface area (Å²) < 4.78 is 0. The van der Waals surface area contributed by atoms with E-state index in [1.165, 1.54) is 11.3 Å². The molecule has 1 rings (SSSR count). The maximum absolute atomic E-state index is 8.68. The summed E-state index contributed by atoms with van der Waals surface area (Å²) in [6, 6.07) is 2.00. The molecule has 4 nitrogen and oxygen atoms in total. The molecule has 0 saturated heterocycles. The van der Waals surface area contributed by atoms with E-state index < -0.39 is 0 Å². The Morgan fingerprint density at radius 3 is 2.93 bits per heavy atom. The molecule has 1 aromatic rings. The molecule has 0 unspecified atom stereocenters. The maximum atomic E-state index is 8.68. The Hall–Kier alpha value is -0.830. The molecule has 15 heavy (non-hydrogen) atoms. The second-order valence-electron chi connectivity index (χ2n) is 3.07. The zero-order valence-electron chi connectivity index (χ0n) is 8.75. The highest BCUT2D eigenvalue weighted by atomic mass is 35.5. The van der Waals surface area contributed by atoms with E-state index in [2.05, 4.69) is 29.2 Å². The van der Waals surface area contributed by atoms with Crippen LogP contribution in [0.4, 0.5) is 5.13 Å². The summed E-state index contributed by atoms with van der Waals surface area (Å²) in [6.45, 7) is 4.87. The third-order valence-electron chi connectivity index (χ3n) is 2.00. The van der Waals surface area contributed by atoms with Crippen LogP contribution in [0.1, 0.15) is 11.8 Å². The van der Waals surface area contributed by atoms with Gasteiger partial charge in [-0.25, -0.2) is 4.98 Å².